The van der Waals surface area contributed by atoms with Crippen LogP contribution in [0.3, 0.4) is 0 Å². The van der Waals surface area contributed by atoms with Crippen molar-refractivity contribution in [3.05, 3.63) is 59.4 Å². The van der Waals surface area contributed by atoms with Gasteiger partial charge in [-0.2, -0.15) is 0 Å². The largest absolute Gasteiger partial charge is 0.478 e. The minimum atomic E-state index is -3.59. The first-order valence-electron chi connectivity index (χ1n) is 10.4. The molecule has 9 nitrogen and oxygen atoms in total. The second kappa shape index (κ2) is 10.1. The second-order valence-electron chi connectivity index (χ2n) is 7.70. The lowest BCUT2D eigenvalue weighted by atomic mass is 10.1. The van der Waals surface area contributed by atoms with E-state index in [0.29, 0.717) is 31.0 Å². The lowest BCUT2D eigenvalue weighted by Gasteiger charge is -2.34. The van der Waals surface area contributed by atoms with E-state index >= 15 is 0 Å². The van der Waals surface area contributed by atoms with E-state index in [4.69, 9.17) is 5.11 Å². The molecule has 10 heteroatoms. The van der Waals surface area contributed by atoms with Crippen molar-refractivity contribution < 1.29 is 23.1 Å². The van der Waals surface area contributed by atoms with E-state index in [1.54, 1.807) is 19.9 Å². The number of sulfonamides is 1. The summed E-state index contributed by atoms with van der Waals surface area (Å²) in [5.74, 6) is -1.08. The number of piperazine rings is 1. The zero-order chi connectivity index (χ0) is 23.3. The van der Waals surface area contributed by atoms with Crippen LogP contribution < -0.4 is 4.31 Å². The SMILES string of the molecule is CCS(=O)(=O)N(Cc1ccc(C(=O)O)cn1)c1cccc(CN2CCN(C(C)=O)CC2)c1. The highest BCUT2D eigenvalue weighted by Gasteiger charge is 2.23. The number of pyridine rings is 1. The van der Waals surface area contributed by atoms with Crippen molar-refractivity contribution in [2.75, 3.05) is 36.2 Å². The van der Waals surface area contributed by atoms with Gasteiger partial charge in [-0.1, -0.05) is 12.1 Å². The van der Waals surface area contributed by atoms with Crippen molar-refractivity contribution in [1.82, 2.24) is 14.8 Å². The van der Waals surface area contributed by atoms with Gasteiger partial charge in [0.15, 0.2) is 0 Å². The van der Waals surface area contributed by atoms with Crippen molar-refractivity contribution in [1.29, 1.82) is 0 Å². The third-order valence-corrected chi connectivity index (χ3v) is 7.24. The minimum absolute atomic E-state index is 0.0107. The van der Waals surface area contributed by atoms with Crippen LogP contribution in [0.2, 0.25) is 0 Å². The van der Waals surface area contributed by atoms with Gasteiger partial charge in [-0.15, -0.1) is 0 Å². The van der Waals surface area contributed by atoms with Gasteiger partial charge in [-0.05, 0) is 36.8 Å². The van der Waals surface area contributed by atoms with Crippen LogP contribution in [0.4, 0.5) is 5.69 Å². The van der Waals surface area contributed by atoms with E-state index in [2.05, 4.69) is 9.88 Å². The Morgan fingerprint density at radius 1 is 1.12 bits per heavy atom. The Morgan fingerprint density at radius 2 is 1.84 bits per heavy atom. The molecule has 2 heterocycles. The zero-order valence-electron chi connectivity index (χ0n) is 18.3. The number of carboxylic acid groups (broad SMARTS) is 1. The Morgan fingerprint density at radius 3 is 2.41 bits per heavy atom. The van der Waals surface area contributed by atoms with Gasteiger partial charge in [0, 0.05) is 45.8 Å². The van der Waals surface area contributed by atoms with Crippen LogP contribution in [0, 0.1) is 0 Å². The number of carboxylic acids is 1. The van der Waals surface area contributed by atoms with Crippen LogP contribution in [0.1, 0.15) is 35.5 Å². The second-order valence-corrected chi connectivity index (χ2v) is 9.88. The summed E-state index contributed by atoms with van der Waals surface area (Å²) in [6, 6.07) is 10.3. The Kier molecular flexibility index (Phi) is 7.47. The molecule has 32 heavy (non-hydrogen) atoms. The zero-order valence-corrected chi connectivity index (χ0v) is 19.1. The molecule has 1 aromatic heterocycles. The molecular formula is C22H28N4O5S. The highest BCUT2D eigenvalue weighted by atomic mass is 32.2. The Balaban J connectivity index is 1.78. The number of hydrogen-bond donors (Lipinski definition) is 1. The average molecular weight is 461 g/mol. The molecule has 1 amide bonds. The average Bonchev–Trinajstić information content (AvgIpc) is 2.78. The van der Waals surface area contributed by atoms with E-state index < -0.39 is 16.0 Å². The number of benzene rings is 1. The lowest BCUT2D eigenvalue weighted by Crippen LogP contribution is -2.47. The normalized spacial score (nSPS) is 14.9. The molecule has 1 aromatic carbocycles. The summed E-state index contributed by atoms with van der Waals surface area (Å²) in [6.07, 6.45) is 1.23. The lowest BCUT2D eigenvalue weighted by molar-refractivity contribution is -0.130. The molecule has 1 aliphatic rings. The fourth-order valence-corrected chi connectivity index (χ4v) is 4.66. The standard InChI is InChI=1S/C22H28N4O5S/c1-3-32(30,31)26(16-20-8-7-19(14-23-20)22(28)29)21-6-4-5-18(13-21)15-24-9-11-25(12-10-24)17(2)27/h4-8,13-14H,3,9-12,15-16H2,1-2H3,(H,28,29). The van der Waals surface area contributed by atoms with E-state index in [9.17, 15) is 18.0 Å². The van der Waals surface area contributed by atoms with Crippen LogP contribution in [0.15, 0.2) is 42.6 Å². The smallest absolute Gasteiger partial charge is 0.337 e. The quantitative estimate of drug-likeness (QED) is 0.639. The Bertz CT molecular complexity index is 1060. The van der Waals surface area contributed by atoms with Gasteiger partial charge in [-0.3, -0.25) is 19.0 Å². The third-order valence-electron chi connectivity index (χ3n) is 5.50. The molecule has 1 saturated heterocycles. The first-order chi connectivity index (χ1) is 15.2. The van der Waals surface area contributed by atoms with Crippen LogP contribution in [-0.4, -0.2) is 72.1 Å². The van der Waals surface area contributed by atoms with Gasteiger partial charge in [0.1, 0.15) is 0 Å². The molecule has 0 aliphatic carbocycles. The summed E-state index contributed by atoms with van der Waals surface area (Å²) >= 11 is 0. The van der Waals surface area contributed by atoms with Crippen molar-refractivity contribution in [3.63, 3.8) is 0 Å². The Labute approximate surface area is 188 Å². The highest BCUT2D eigenvalue weighted by molar-refractivity contribution is 7.92. The van der Waals surface area contributed by atoms with E-state index in [0.717, 1.165) is 18.7 Å². The number of aromatic carboxylic acids is 1. The van der Waals surface area contributed by atoms with Gasteiger partial charge in [0.05, 0.1) is 29.2 Å². The summed E-state index contributed by atoms with van der Waals surface area (Å²) in [5.41, 5.74) is 2.02. The molecule has 1 fully saturated rings. The number of rotatable bonds is 8. The van der Waals surface area contributed by atoms with Gasteiger partial charge in [0.25, 0.3) is 0 Å². The fourth-order valence-electron chi connectivity index (χ4n) is 3.59. The molecule has 172 valence electrons. The molecule has 0 spiro atoms. The maximum atomic E-state index is 12.8. The fraction of sp³-hybridized carbons (Fsp3) is 0.409. The maximum absolute atomic E-state index is 12.8. The molecule has 1 aliphatic heterocycles. The minimum Gasteiger partial charge on any atom is -0.478 e. The number of carbonyl (C=O) groups is 2. The molecule has 0 unspecified atom stereocenters. The molecule has 0 radical (unpaired) electrons. The van der Waals surface area contributed by atoms with Crippen molar-refractivity contribution in [2.24, 2.45) is 0 Å². The van der Waals surface area contributed by atoms with Gasteiger partial charge in [0.2, 0.25) is 15.9 Å². The number of aromatic nitrogens is 1. The molecule has 3 rings (SSSR count). The number of amides is 1. The number of carbonyl (C=O) groups excluding carboxylic acids is 1. The number of anilines is 1. The molecule has 2 aromatic rings. The summed E-state index contributed by atoms with van der Waals surface area (Å²) < 4.78 is 27.0. The summed E-state index contributed by atoms with van der Waals surface area (Å²) in [6.45, 7) is 6.73. The third kappa shape index (κ3) is 5.83. The van der Waals surface area contributed by atoms with Gasteiger partial charge in [-0.25, -0.2) is 13.2 Å². The Hall–Kier alpha value is -2.98. The van der Waals surface area contributed by atoms with Crippen LogP contribution in [-0.2, 0) is 27.9 Å². The monoisotopic (exact) mass is 460 g/mol. The first kappa shape index (κ1) is 23.7. The van der Waals surface area contributed by atoms with E-state index in [1.165, 1.54) is 22.6 Å². The van der Waals surface area contributed by atoms with Crippen LogP contribution in [0.25, 0.3) is 0 Å². The first-order valence-corrected chi connectivity index (χ1v) is 12.1. The van der Waals surface area contributed by atoms with Crippen LogP contribution >= 0.6 is 0 Å². The van der Waals surface area contributed by atoms with E-state index in [-0.39, 0.29) is 23.8 Å². The molecule has 1 N–H and O–H groups in total. The van der Waals surface area contributed by atoms with Gasteiger partial charge >= 0.3 is 5.97 Å². The maximum Gasteiger partial charge on any atom is 0.337 e. The van der Waals surface area contributed by atoms with E-state index in [1.807, 2.05) is 23.1 Å². The molecule has 0 atom stereocenters. The highest BCUT2D eigenvalue weighted by Crippen LogP contribution is 2.23. The van der Waals surface area contributed by atoms with Crippen LogP contribution in [0.5, 0.6) is 0 Å². The summed E-state index contributed by atoms with van der Waals surface area (Å²) in [5, 5.41) is 9.04. The van der Waals surface area contributed by atoms with Crippen molar-refractivity contribution >= 4 is 27.6 Å². The number of hydrogen-bond acceptors (Lipinski definition) is 6. The predicted molar refractivity (Wildman–Crippen MR) is 121 cm³/mol. The number of nitrogens with zero attached hydrogens (tertiary/aromatic N) is 4. The predicted octanol–water partition coefficient (Wildman–Crippen LogP) is 1.80. The topological polar surface area (TPSA) is 111 Å². The van der Waals surface area contributed by atoms with Gasteiger partial charge < -0.3 is 10.0 Å². The van der Waals surface area contributed by atoms with Crippen molar-refractivity contribution in [3.8, 4) is 0 Å². The molecule has 0 bridgehead atoms. The summed E-state index contributed by atoms with van der Waals surface area (Å²) in [4.78, 5) is 30.7. The molecule has 0 saturated carbocycles. The van der Waals surface area contributed by atoms with Crippen molar-refractivity contribution in [2.45, 2.75) is 26.9 Å². The molecular weight excluding hydrogens is 432 g/mol. The summed E-state index contributed by atoms with van der Waals surface area (Å²) in [7, 11) is -3.59.